The van der Waals surface area contributed by atoms with Gasteiger partial charge in [-0.2, -0.15) is 4.98 Å². The highest BCUT2D eigenvalue weighted by Gasteiger charge is 2.18. The zero-order valence-corrected chi connectivity index (χ0v) is 13.3. The smallest absolute Gasteiger partial charge is 0.316 e. The third kappa shape index (κ3) is 4.50. The van der Waals surface area contributed by atoms with Crippen LogP contribution in [0.25, 0.3) is 0 Å². The molecule has 0 bridgehead atoms. The molecule has 2 heterocycles. The van der Waals surface area contributed by atoms with Gasteiger partial charge in [0.25, 0.3) is 0 Å². The summed E-state index contributed by atoms with van der Waals surface area (Å²) < 4.78 is 4.78. The molecule has 2 aromatic rings. The number of esters is 1. The first-order valence-electron chi connectivity index (χ1n) is 6.41. The van der Waals surface area contributed by atoms with Gasteiger partial charge < -0.3 is 4.74 Å². The average molecular weight is 339 g/mol. The van der Waals surface area contributed by atoms with Crippen molar-refractivity contribution in [3.63, 3.8) is 0 Å². The predicted molar refractivity (Wildman–Crippen MR) is 81.3 cm³/mol. The molecule has 0 saturated carbocycles. The number of hydrogen-bond acceptors (Lipinski definition) is 8. The molecule has 2 aromatic heterocycles. The van der Waals surface area contributed by atoms with E-state index in [0.29, 0.717) is 11.5 Å². The van der Waals surface area contributed by atoms with E-state index in [2.05, 4.69) is 15.2 Å². The minimum absolute atomic E-state index is 0.0104. The molecule has 0 radical (unpaired) electrons. The van der Waals surface area contributed by atoms with Crippen molar-refractivity contribution in [3.8, 4) is 0 Å². The highest BCUT2D eigenvalue weighted by Crippen LogP contribution is 2.15. The Hall–Kier alpha value is -2.00. The Labute approximate surface area is 134 Å². The molecule has 116 valence electrons. The first-order valence-corrected chi connectivity index (χ1v) is 8.27. The van der Waals surface area contributed by atoms with Gasteiger partial charge in [0.05, 0.1) is 23.7 Å². The van der Waals surface area contributed by atoms with E-state index in [1.165, 1.54) is 11.3 Å². The van der Waals surface area contributed by atoms with Crippen molar-refractivity contribution in [2.24, 2.45) is 0 Å². The van der Waals surface area contributed by atoms with Gasteiger partial charge in [-0.25, -0.2) is 0 Å². The standard InChI is InChI=1S/C13H13N3O4S2/c1-2-20-11(19)7-22-13-14-12(15-16-13)9(18)6-8(17)10-4-3-5-21-10/h3-5H,2,6-7H2,1H3,(H,14,15,16). The molecule has 1 N–H and O–H groups in total. The van der Waals surface area contributed by atoms with Gasteiger partial charge in [-0.15, -0.1) is 16.4 Å². The third-order valence-electron chi connectivity index (χ3n) is 2.47. The molecule has 2 rings (SSSR count). The van der Waals surface area contributed by atoms with E-state index >= 15 is 0 Å². The van der Waals surface area contributed by atoms with E-state index in [4.69, 9.17) is 4.74 Å². The first kappa shape index (κ1) is 16.4. The molecule has 0 spiro atoms. The van der Waals surface area contributed by atoms with Crippen molar-refractivity contribution in [3.05, 3.63) is 28.2 Å². The van der Waals surface area contributed by atoms with Crippen LogP contribution >= 0.6 is 23.1 Å². The number of Topliss-reactive ketones (excluding diaryl/α,β-unsaturated/α-hetero) is 2. The van der Waals surface area contributed by atoms with E-state index in [1.807, 2.05) is 0 Å². The molecule has 7 nitrogen and oxygen atoms in total. The SMILES string of the molecule is CCOC(=O)CSc1n[nH]c(C(=O)CC(=O)c2cccs2)n1. The number of nitrogens with zero attached hydrogens (tertiary/aromatic N) is 2. The fraction of sp³-hybridized carbons (Fsp3) is 0.308. The van der Waals surface area contributed by atoms with E-state index < -0.39 is 5.78 Å². The first-order chi connectivity index (χ1) is 10.6. The lowest BCUT2D eigenvalue weighted by molar-refractivity contribution is -0.139. The van der Waals surface area contributed by atoms with E-state index in [-0.39, 0.29) is 34.9 Å². The molecule has 0 amide bonds. The van der Waals surface area contributed by atoms with E-state index in [9.17, 15) is 14.4 Å². The zero-order chi connectivity index (χ0) is 15.9. The van der Waals surface area contributed by atoms with Crippen LogP contribution in [0, 0.1) is 0 Å². The number of ether oxygens (including phenoxy) is 1. The summed E-state index contributed by atoms with van der Waals surface area (Å²) in [5.41, 5.74) is 0. The van der Waals surface area contributed by atoms with Crippen LogP contribution in [0.2, 0.25) is 0 Å². The number of carbonyl (C=O) groups excluding carboxylic acids is 3. The van der Waals surface area contributed by atoms with Crippen molar-refractivity contribution in [2.45, 2.75) is 18.5 Å². The van der Waals surface area contributed by atoms with Crippen LogP contribution in [-0.4, -0.2) is 45.1 Å². The highest BCUT2D eigenvalue weighted by atomic mass is 32.2. The molecule has 0 atom stereocenters. The molecule has 9 heteroatoms. The van der Waals surface area contributed by atoms with Crippen LogP contribution in [0.15, 0.2) is 22.7 Å². The maximum Gasteiger partial charge on any atom is 0.316 e. The average Bonchev–Trinajstić information content (AvgIpc) is 3.17. The van der Waals surface area contributed by atoms with Crippen LogP contribution in [0.5, 0.6) is 0 Å². The summed E-state index contributed by atoms with van der Waals surface area (Å²) in [6, 6.07) is 3.42. The van der Waals surface area contributed by atoms with Crippen LogP contribution in [0.1, 0.15) is 33.6 Å². The quantitative estimate of drug-likeness (QED) is 0.339. The van der Waals surface area contributed by atoms with Gasteiger partial charge in [0, 0.05) is 0 Å². The molecule has 22 heavy (non-hydrogen) atoms. The molecule has 0 aromatic carbocycles. The number of H-pyrrole nitrogens is 1. The number of aromatic nitrogens is 3. The van der Waals surface area contributed by atoms with Crippen molar-refractivity contribution in [1.29, 1.82) is 0 Å². The number of ketones is 2. The Morgan fingerprint density at radius 3 is 2.86 bits per heavy atom. The fourth-order valence-electron chi connectivity index (χ4n) is 1.52. The number of thiophene rings is 1. The van der Waals surface area contributed by atoms with Crippen LogP contribution in [0.4, 0.5) is 0 Å². The van der Waals surface area contributed by atoms with Crippen molar-refractivity contribution >= 4 is 40.6 Å². The lowest BCUT2D eigenvalue weighted by atomic mass is 10.2. The molecule has 0 aliphatic rings. The summed E-state index contributed by atoms with van der Waals surface area (Å²) in [6.07, 6.45) is -0.266. The summed E-state index contributed by atoms with van der Waals surface area (Å²) in [4.78, 5) is 39.5. The second-order valence-electron chi connectivity index (χ2n) is 4.06. The Bertz CT molecular complexity index is 667. The Morgan fingerprint density at radius 2 is 2.18 bits per heavy atom. The minimum Gasteiger partial charge on any atom is -0.465 e. The minimum atomic E-state index is -0.436. The maximum atomic E-state index is 12.0. The van der Waals surface area contributed by atoms with Gasteiger partial charge in [-0.05, 0) is 18.4 Å². The lowest BCUT2D eigenvalue weighted by Crippen LogP contribution is -2.09. The summed E-state index contributed by atoms with van der Waals surface area (Å²) in [5, 5.41) is 8.35. The second kappa shape index (κ2) is 7.85. The third-order valence-corrected chi connectivity index (χ3v) is 4.20. The molecular weight excluding hydrogens is 326 g/mol. The van der Waals surface area contributed by atoms with Gasteiger partial charge >= 0.3 is 5.97 Å². The predicted octanol–water partition coefficient (Wildman–Crippen LogP) is 1.98. The van der Waals surface area contributed by atoms with Crippen molar-refractivity contribution in [2.75, 3.05) is 12.4 Å². The molecule has 0 saturated heterocycles. The summed E-state index contributed by atoms with van der Waals surface area (Å²) in [5.74, 6) is -0.992. The van der Waals surface area contributed by atoms with Crippen LogP contribution in [-0.2, 0) is 9.53 Å². The zero-order valence-electron chi connectivity index (χ0n) is 11.7. The monoisotopic (exact) mass is 339 g/mol. The van der Waals surface area contributed by atoms with Crippen LogP contribution < -0.4 is 0 Å². The van der Waals surface area contributed by atoms with Crippen molar-refractivity contribution in [1.82, 2.24) is 15.2 Å². The second-order valence-corrected chi connectivity index (χ2v) is 5.95. The molecule has 0 aliphatic carbocycles. The number of rotatable bonds is 8. The molecule has 0 unspecified atom stereocenters. The lowest BCUT2D eigenvalue weighted by Gasteiger charge is -1.98. The fourth-order valence-corrected chi connectivity index (χ4v) is 2.78. The maximum absolute atomic E-state index is 12.0. The number of thioether (sulfide) groups is 1. The summed E-state index contributed by atoms with van der Waals surface area (Å²) in [7, 11) is 0. The van der Waals surface area contributed by atoms with E-state index in [1.54, 1.807) is 24.4 Å². The van der Waals surface area contributed by atoms with Crippen LogP contribution in [0.3, 0.4) is 0 Å². The number of nitrogens with one attached hydrogen (secondary N) is 1. The van der Waals surface area contributed by atoms with Gasteiger partial charge in [0.1, 0.15) is 0 Å². The number of hydrogen-bond donors (Lipinski definition) is 1. The topological polar surface area (TPSA) is 102 Å². The number of aromatic amines is 1. The summed E-state index contributed by atoms with van der Waals surface area (Å²) >= 11 is 2.35. The molecule has 0 fully saturated rings. The molecule has 0 aliphatic heterocycles. The molecular formula is C13H13N3O4S2. The number of carbonyl (C=O) groups is 3. The Balaban J connectivity index is 1.89. The van der Waals surface area contributed by atoms with Gasteiger partial charge in [-0.1, -0.05) is 17.8 Å². The Kier molecular flexibility index (Phi) is 5.84. The Morgan fingerprint density at radius 1 is 1.36 bits per heavy atom. The van der Waals surface area contributed by atoms with Gasteiger partial charge in [0.2, 0.25) is 10.9 Å². The summed E-state index contributed by atoms with van der Waals surface area (Å²) in [6.45, 7) is 2.03. The highest BCUT2D eigenvalue weighted by molar-refractivity contribution is 7.99. The van der Waals surface area contributed by atoms with E-state index in [0.717, 1.165) is 11.8 Å². The van der Waals surface area contributed by atoms with Crippen molar-refractivity contribution < 1.29 is 19.1 Å². The van der Waals surface area contributed by atoms with Gasteiger partial charge in [-0.3, -0.25) is 19.5 Å². The largest absolute Gasteiger partial charge is 0.465 e. The van der Waals surface area contributed by atoms with Gasteiger partial charge in [0.15, 0.2) is 11.6 Å². The normalized spacial score (nSPS) is 10.4.